The average Bonchev–Trinajstić information content (AvgIpc) is 2.31. The van der Waals surface area contributed by atoms with E-state index in [2.05, 4.69) is 36.5 Å². The molecule has 0 bridgehead atoms. The van der Waals surface area contributed by atoms with Crippen LogP contribution in [0, 0.1) is 0 Å². The van der Waals surface area contributed by atoms with Gasteiger partial charge in [-0.15, -0.1) is 0 Å². The van der Waals surface area contributed by atoms with E-state index in [1.807, 2.05) is 6.92 Å². The molecular weight excluding hydrogens is 288 g/mol. The standard InChI is InChI=1S/C10H15BrN4O2/c1-3-12-9-8(11)10(15-6-14-9)13-5-7(16)17-4-2/h6H,3-5H2,1-2H3,(H2,12,13,14,15). The minimum atomic E-state index is -0.317. The highest BCUT2D eigenvalue weighted by atomic mass is 79.9. The zero-order valence-electron chi connectivity index (χ0n) is 9.79. The number of hydrogen-bond donors (Lipinski definition) is 2. The van der Waals surface area contributed by atoms with Gasteiger partial charge in [0.2, 0.25) is 0 Å². The molecule has 0 fully saturated rings. The topological polar surface area (TPSA) is 76.1 Å². The van der Waals surface area contributed by atoms with Crippen molar-refractivity contribution >= 4 is 33.5 Å². The number of hydrogen-bond acceptors (Lipinski definition) is 6. The average molecular weight is 303 g/mol. The monoisotopic (exact) mass is 302 g/mol. The molecule has 1 rings (SSSR count). The van der Waals surface area contributed by atoms with Crippen LogP contribution in [0.3, 0.4) is 0 Å². The number of aromatic nitrogens is 2. The normalized spacial score (nSPS) is 9.82. The van der Waals surface area contributed by atoms with Crippen molar-refractivity contribution in [1.82, 2.24) is 9.97 Å². The van der Waals surface area contributed by atoms with Crippen LogP contribution < -0.4 is 10.6 Å². The summed E-state index contributed by atoms with van der Waals surface area (Å²) in [4.78, 5) is 19.3. The molecule has 0 spiro atoms. The molecule has 7 heteroatoms. The van der Waals surface area contributed by atoms with Gasteiger partial charge in [0.15, 0.2) is 0 Å². The number of ether oxygens (including phenoxy) is 1. The van der Waals surface area contributed by atoms with Crippen molar-refractivity contribution in [1.29, 1.82) is 0 Å². The lowest BCUT2D eigenvalue weighted by Gasteiger charge is -2.10. The predicted molar refractivity (Wildman–Crippen MR) is 69.0 cm³/mol. The second-order valence-electron chi connectivity index (χ2n) is 3.07. The van der Waals surface area contributed by atoms with E-state index >= 15 is 0 Å². The number of carbonyl (C=O) groups is 1. The maximum atomic E-state index is 11.2. The van der Waals surface area contributed by atoms with Crippen molar-refractivity contribution in [2.75, 3.05) is 30.3 Å². The summed E-state index contributed by atoms with van der Waals surface area (Å²) in [6.07, 6.45) is 1.43. The van der Waals surface area contributed by atoms with Gasteiger partial charge in [-0.1, -0.05) is 0 Å². The molecule has 2 N–H and O–H groups in total. The fourth-order valence-electron chi connectivity index (χ4n) is 1.15. The Morgan fingerprint density at radius 1 is 1.35 bits per heavy atom. The van der Waals surface area contributed by atoms with Gasteiger partial charge in [-0.3, -0.25) is 4.79 Å². The zero-order valence-corrected chi connectivity index (χ0v) is 11.4. The van der Waals surface area contributed by atoms with E-state index in [1.165, 1.54) is 6.33 Å². The van der Waals surface area contributed by atoms with Crippen LogP contribution in [0.15, 0.2) is 10.8 Å². The second-order valence-corrected chi connectivity index (χ2v) is 3.87. The molecule has 0 saturated carbocycles. The molecule has 0 radical (unpaired) electrons. The Morgan fingerprint density at radius 3 is 2.59 bits per heavy atom. The van der Waals surface area contributed by atoms with Gasteiger partial charge < -0.3 is 15.4 Å². The molecule has 1 aromatic rings. The Hall–Kier alpha value is -1.37. The van der Waals surface area contributed by atoms with Crippen LogP contribution in [0.25, 0.3) is 0 Å². The number of halogens is 1. The summed E-state index contributed by atoms with van der Waals surface area (Å²) < 4.78 is 5.51. The van der Waals surface area contributed by atoms with Crippen molar-refractivity contribution in [3.63, 3.8) is 0 Å². The van der Waals surface area contributed by atoms with E-state index < -0.39 is 0 Å². The van der Waals surface area contributed by atoms with Crippen molar-refractivity contribution in [2.45, 2.75) is 13.8 Å². The highest BCUT2D eigenvalue weighted by Crippen LogP contribution is 2.25. The molecule has 0 atom stereocenters. The Kier molecular flexibility index (Phi) is 5.68. The smallest absolute Gasteiger partial charge is 0.325 e. The number of rotatable bonds is 6. The van der Waals surface area contributed by atoms with E-state index in [-0.39, 0.29) is 12.5 Å². The lowest BCUT2D eigenvalue weighted by Crippen LogP contribution is -2.18. The number of esters is 1. The SMILES string of the molecule is CCNc1ncnc(NCC(=O)OCC)c1Br. The molecule has 17 heavy (non-hydrogen) atoms. The lowest BCUT2D eigenvalue weighted by molar-refractivity contribution is -0.140. The molecule has 0 saturated heterocycles. The van der Waals surface area contributed by atoms with Crippen molar-refractivity contribution in [3.8, 4) is 0 Å². The number of anilines is 2. The largest absolute Gasteiger partial charge is 0.465 e. The van der Waals surface area contributed by atoms with Gasteiger partial charge >= 0.3 is 5.97 Å². The summed E-state index contributed by atoms with van der Waals surface area (Å²) in [5, 5.41) is 5.96. The summed E-state index contributed by atoms with van der Waals surface area (Å²) in [6, 6.07) is 0. The van der Waals surface area contributed by atoms with E-state index in [9.17, 15) is 4.79 Å². The van der Waals surface area contributed by atoms with Crippen LogP contribution in [0.5, 0.6) is 0 Å². The number of nitrogens with one attached hydrogen (secondary N) is 2. The summed E-state index contributed by atoms with van der Waals surface area (Å²) in [7, 11) is 0. The first-order chi connectivity index (χ1) is 8.19. The van der Waals surface area contributed by atoms with Crippen LogP contribution in [-0.4, -0.2) is 35.6 Å². The fourth-order valence-corrected chi connectivity index (χ4v) is 1.64. The first kappa shape index (κ1) is 13.7. The van der Waals surface area contributed by atoms with Gasteiger partial charge in [0, 0.05) is 6.54 Å². The fraction of sp³-hybridized carbons (Fsp3) is 0.500. The Labute approximate surface area is 108 Å². The summed E-state index contributed by atoms with van der Waals surface area (Å²) in [5.74, 6) is 0.931. The van der Waals surface area contributed by atoms with Crippen molar-refractivity contribution < 1.29 is 9.53 Å². The third kappa shape index (κ3) is 4.18. The predicted octanol–water partition coefficient (Wildman–Crippen LogP) is 1.65. The highest BCUT2D eigenvalue weighted by molar-refractivity contribution is 9.10. The Morgan fingerprint density at radius 2 is 2.00 bits per heavy atom. The molecule has 0 amide bonds. The number of nitrogens with zero attached hydrogens (tertiary/aromatic N) is 2. The first-order valence-corrected chi connectivity index (χ1v) is 6.12. The van der Waals surface area contributed by atoms with E-state index in [0.29, 0.717) is 22.7 Å². The summed E-state index contributed by atoms with van der Waals surface area (Å²) in [5.41, 5.74) is 0. The van der Waals surface area contributed by atoms with Crippen LogP contribution in [0.2, 0.25) is 0 Å². The third-order valence-corrected chi connectivity index (χ3v) is 2.59. The van der Waals surface area contributed by atoms with Crippen LogP contribution in [0.4, 0.5) is 11.6 Å². The third-order valence-electron chi connectivity index (χ3n) is 1.84. The molecule has 0 unspecified atom stereocenters. The number of carbonyl (C=O) groups excluding carboxylic acids is 1. The van der Waals surface area contributed by atoms with Gasteiger partial charge in [-0.2, -0.15) is 0 Å². The van der Waals surface area contributed by atoms with Gasteiger partial charge in [0.1, 0.15) is 29.0 Å². The second kappa shape index (κ2) is 7.05. The Bertz CT molecular complexity index is 387. The van der Waals surface area contributed by atoms with E-state index in [1.54, 1.807) is 6.92 Å². The summed E-state index contributed by atoms with van der Waals surface area (Å²) in [6.45, 7) is 4.94. The van der Waals surface area contributed by atoms with Crippen molar-refractivity contribution in [3.05, 3.63) is 10.8 Å². The zero-order chi connectivity index (χ0) is 12.7. The lowest BCUT2D eigenvalue weighted by atomic mass is 10.5. The molecule has 0 aliphatic rings. The quantitative estimate of drug-likeness (QED) is 0.778. The van der Waals surface area contributed by atoms with Crippen LogP contribution in [-0.2, 0) is 9.53 Å². The van der Waals surface area contributed by atoms with E-state index in [4.69, 9.17) is 4.74 Å². The minimum Gasteiger partial charge on any atom is -0.465 e. The van der Waals surface area contributed by atoms with Gasteiger partial charge in [-0.25, -0.2) is 9.97 Å². The Balaban J connectivity index is 2.64. The van der Waals surface area contributed by atoms with Crippen LogP contribution >= 0.6 is 15.9 Å². The van der Waals surface area contributed by atoms with Crippen molar-refractivity contribution in [2.24, 2.45) is 0 Å². The van der Waals surface area contributed by atoms with Crippen LogP contribution in [0.1, 0.15) is 13.8 Å². The van der Waals surface area contributed by atoms with E-state index in [0.717, 1.165) is 6.54 Å². The minimum absolute atomic E-state index is 0.0784. The molecule has 0 aliphatic carbocycles. The molecule has 0 aliphatic heterocycles. The molecule has 94 valence electrons. The molecule has 1 aromatic heterocycles. The maximum Gasteiger partial charge on any atom is 0.325 e. The molecule has 6 nitrogen and oxygen atoms in total. The molecular formula is C10H15BrN4O2. The molecule has 1 heterocycles. The van der Waals surface area contributed by atoms with Gasteiger partial charge in [0.25, 0.3) is 0 Å². The molecule has 0 aromatic carbocycles. The highest BCUT2D eigenvalue weighted by Gasteiger charge is 2.09. The van der Waals surface area contributed by atoms with Gasteiger partial charge in [-0.05, 0) is 29.8 Å². The maximum absolute atomic E-state index is 11.2. The summed E-state index contributed by atoms with van der Waals surface area (Å²) >= 11 is 3.37. The van der Waals surface area contributed by atoms with Gasteiger partial charge in [0.05, 0.1) is 6.61 Å². The first-order valence-electron chi connectivity index (χ1n) is 5.32.